The number of fused-ring (bicyclic) bond motifs is 1. The Morgan fingerprint density at radius 2 is 2.10 bits per heavy atom. The van der Waals surface area contributed by atoms with Crippen LogP contribution >= 0.6 is 0 Å². The van der Waals surface area contributed by atoms with Crippen LogP contribution in [0.1, 0.15) is 42.2 Å². The van der Waals surface area contributed by atoms with E-state index in [1.54, 1.807) is 6.26 Å². The molecule has 0 spiro atoms. The lowest BCUT2D eigenvalue weighted by molar-refractivity contribution is 0.301. The third-order valence-corrected chi connectivity index (χ3v) is 4.01. The number of furan rings is 1. The van der Waals surface area contributed by atoms with Crippen molar-refractivity contribution in [3.05, 3.63) is 53.0 Å². The van der Waals surface area contributed by atoms with Crippen molar-refractivity contribution in [2.45, 2.75) is 45.8 Å². The topological polar surface area (TPSA) is 34.4 Å². The molecule has 1 aliphatic rings. The molecule has 0 atom stereocenters. The molecule has 0 fully saturated rings. The van der Waals surface area contributed by atoms with Gasteiger partial charge in [0.2, 0.25) is 0 Å². The Morgan fingerprint density at radius 3 is 3.00 bits per heavy atom. The van der Waals surface area contributed by atoms with Gasteiger partial charge in [-0.05, 0) is 61.6 Å². The maximum atomic E-state index is 5.93. The summed E-state index contributed by atoms with van der Waals surface area (Å²) in [6.07, 6.45) is 6.54. The third kappa shape index (κ3) is 3.48. The molecule has 2 aromatic rings. The molecule has 3 heteroatoms. The molecule has 0 saturated carbocycles. The molecule has 112 valence electrons. The van der Waals surface area contributed by atoms with Gasteiger partial charge < -0.3 is 14.5 Å². The van der Waals surface area contributed by atoms with Crippen LogP contribution in [0, 0.1) is 0 Å². The molecular formula is C18H23NO2. The highest BCUT2D eigenvalue weighted by atomic mass is 16.5. The molecule has 1 aromatic carbocycles. The van der Waals surface area contributed by atoms with E-state index in [4.69, 9.17) is 9.15 Å². The number of nitrogens with one attached hydrogen (secondary N) is 1. The first kappa shape index (κ1) is 14.2. The Morgan fingerprint density at radius 1 is 1.19 bits per heavy atom. The first-order valence-corrected chi connectivity index (χ1v) is 7.87. The van der Waals surface area contributed by atoms with Crippen LogP contribution in [0.15, 0.2) is 34.9 Å². The molecule has 0 saturated heterocycles. The minimum Gasteiger partial charge on any atom is -0.489 e. The quantitative estimate of drug-likeness (QED) is 0.785. The molecule has 1 aromatic heterocycles. The Balaban J connectivity index is 1.59. The summed E-state index contributed by atoms with van der Waals surface area (Å²) in [5.74, 6) is 1.94. The summed E-state index contributed by atoms with van der Waals surface area (Å²) < 4.78 is 11.5. The van der Waals surface area contributed by atoms with Gasteiger partial charge >= 0.3 is 0 Å². The van der Waals surface area contributed by atoms with Crippen molar-refractivity contribution < 1.29 is 9.15 Å². The maximum Gasteiger partial charge on any atom is 0.124 e. The second kappa shape index (κ2) is 6.81. The molecule has 3 rings (SSSR count). The first-order valence-electron chi connectivity index (χ1n) is 7.87. The number of benzene rings is 1. The smallest absolute Gasteiger partial charge is 0.124 e. The number of hydrogen-bond donors (Lipinski definition) is 1. The Bertz CT molecular complexity index is 589. The monoisotopic (exact) mass is 285 g/mol. The van der Waals surface area contributed by atoms with E-state index >= 15 is 0 Å². The Labute approximate surface area is 126 Å². The fraction of sp³-hybridized carbons (Fsp3) is 0.444. The lowest BCUT2D eigenvalue weighted by Gasteiger charge is -2.09. The fourth-order valence-electron chi connectivity index (χ4n) is 2.83. The highest BCUT2D eigenvalue weighted by Gasteiger charge is 2.12. The Hall–Kier alpha value is -1.74. The summed E-state index contributed by atoms with van der Waals surface area (Å²) >= 11 is 0. The van der Waals surface area contributed by atoms with Gasteiger partial charge in [0, 0.05) is 5.56 Å². The van der Waals surface area contributed by atoms with Crippen LogP contribution in [0.4, 0.5) is 0 Å². The van der Waals surface area contributed by atoms with Gasteiger partial charge in [0.05, 0.1) is 12.8 Å². The van der Waals surface area contributed by atoms with E-state index in [1.807, 2.05) is 6.07 Å². The normalized spacial score (nSPS) is 13.4. The average molecular weight is 285 g/mol. The van der Waals surface area contributed by atoms with Crippen LogP contribution in [0.25, 0.3) is 0 Å². The molecule has 1 heterocycles. The Kier molecular flexibility index (Phi) is 4.61. The van der Waals surface area contributed by atoms with Gasteiger partial charge in [0.25, 0.3) is 0 Å². The number of aryl methyl sites for hydroxylation is 2. The molecule has 3 nitrogen and oxygen atoms in total. The molecule has 0 aliphatic heterocycles. The summed E-state index contributed by atoms with van der Waals surface area (Å²) in [4.78, 5) is 0. The van der Waals surface area contributed by atoms with Crippen molar-refractivity contribution in [3.8, 4) is 5.75 Å². The predicted molar refractivity (Wildman–Crippen MR) is 83.5 cm³/mol. The van der Waals surface area contributed by atoms with Crippen LogP contribution in [0.3, 0.4) is 0 Å². The summed E-state index contributed by atoms with van der Waals surface area (Å²) in [6, 6.07) is 8.48. The van der Waals surface area contributed by atoms with Crippen LogP contribution in [-0.4, -0.2) is 6.54 Å². The number of rotatable bonds is 7. The largest absolute Gasteiger partial charge is 0.489 e. The van der Waals surface area contributed by atoms with Crippen molar-refractivity contribution in [2.75, 3.05) is 6.54 Å². The van der Waals surface area contributed by atoms with Crippen molar-refractivity contribution in [2.24, 2.45) is 0 Å². The zero-order chi connectivity index (χ0) is 14.5. The van der Waals surface area contributed by atoms with Gasteiger partial charge in [0.15, 0.2) is 0 Å². The minimum atomic E-state index is 0.568. The van der Waals surface area contributed by atoms with Gasteiger partial charge in [0.1, 0.15) is 18.1 Å². The highest BCUT2D eigenvalue weighted by molar-refractivity contribution is 5.38. The molecular weight excluding hydrogens is 262 g/mol. The molecule has 0 radical (unpaired) electrons. The van der Waals surface area contributed by atoms with Crippen LogP contribution in [0.2, 0.25) is 0 Å². The number of ether oxygens (including phenoxy) is 1. The van der Waals surface area contributed by atoms with E-state index < -0.39 is 0 Å². The molecule has 0 bridgehead atoms. The van der Waals surface area contributed by atoms with E-state index in [9.17, 15) is 0 Å². The average Bonchev–Trinajstić information content (AvgIpc) is 3.13. The summed E-state index contributed by atoms with van der Waals surface area (Å²) in [5.41, 5.74) is 4.05. The lowest BCUT2D eigenvalue weighted by atomic mass is 10.1. The van der Waals surface area contributed by atoms with Crippen molar-refractivity contribution >= 4 is 0 Å². The predicted octanol–water partition coefficient (Wildman–Crippen LogP) is 3.85. The van der Waals surface area contributed by atoms with E-state index in [0.717, 1.165) is 36.6 Å². The van der Waals surface area contributed by atoms with Gasteiger partial charge in [-0.15, -0.1) is 0 Å². The van der Waals surface area contributed by atoms with Gasteiger partial charge in [-0.25, -0.2) is 0 Å². The zero-order valence-electron chi connectivity index (χ0n) is 12.7. The molecule has 21 heavy (non-hydrogen) atoms. The first-order chi connectivity index (χ1) is 10.4. The van der Waals surface area contributed by atoms with Crippen molar-refractivity contribution in [1.29, 1.82) is 0 Å². The van der Waals surface area contributed by atoms with E-state index in [2.05, 4.69) is 30.4 Å². The van der Waals surface area contributed by atoms with E-state index in [1.165, 1.54) is 30.4 Å². The lowest BCUT2D eigenvalue weighted by Crippen LogP contribution is -2.14. The van der Waals surface area contributed by atoms with E-state index in [-0.39, 0.29) is 0 Å². The highest BCUT2D eigenvalue weighted by Crippen LogP contribution is 2.26. The maximum absolute atomic E-state index is 5.93. The zero-order valence-corrected chi connectivity index (χ0v) is 12.7. The second-order valence-electron chi connectivity index (χ2n) is 5.62. The molecule has 0 unspecified atom stereocenters. The minimum absolute atomic E-state index is 0.568. The molecule has 1 aliphatic carbocycles. The van der Waals surface area contributed by atoms with Gasteiger partial charge in [-0.2, -0.15) is 0 Å². The summed E-state index contributed by atoms with van der Waals surface area (Å²) in [6.45, 7) is 4.50. The number of hydrogen-bond acceptors (Lipinski definition) is 3. The van der Waals surface area contributed by atoms with Crippen molar-refractivity contribution in [3.63, 3.8) is 0 Å². The molecule has 0 amide bonds. The fourth-order valence-corrected chi connectivity index (χ4v) is 2.83. The van der Waals surface area contributed by atoms with Gasteiger partial charge in [-0.3, -0.25) is 0 Å². The van der Waals surface area contributed by atoms with Crippen LogP contribution in [0.5, 0.6) is 5.75 Å². The standard InChI is InChI=1S/C18H23NO2/c1-2-9-19-12-18-16(8-10-20-18)13-21-17-7-6-14-4-3-5-15(14)11-17/h6-8,10-11,19H,2-5,9,12-13H2,1H3. The molecule has 1 N–H and O–H groups in total. The van der Waals surface area contributed by atoms with Gasteiger partial charge in [-0.1, -0.05) is 13.0 Å². The third-order valence-electron chi connectivity index (χ3n) is 4.01. The summed E-state index contributed by atoms with van der Waals surface area (Å²) in [7, 11) is 0. The van der Waals surface area contributed by atoms with E-state index in [0.29, 0.717) is 6.61 Å². The SMILES string of the molecule is CCCNCc1occc1COc1ccc2c(c1)CCC2. The summed E-state index contributed by atoms with van der Waals surface area (Å²) in [5, 5.41) is 3.36. The van der Waals surface area contributed by atoms with Crippen LogP contribution < -0.4 is 10.1 Å². The second-order valence-corrected chi connectivity index (χ2v) is 5.62. The van der Waals surface area contributed by atoms with Crippen molar-refractivity contribution in [1.82, 2.24) is 5.32 Å². The van der Waals surface area contributed by atoms with Crippen LogP contribution in [-0.2, 0) is 26.0 Å².